The van der Waals surface area contributed by atoms with Crippen molar-refractivity contribution in [1.29, 1.82) is 0 Å². The van der Waals surface area contributed by atoms with E-state index < -0.39 is 0 Å². The number of hydrogen-bond donors (Lipinski definition) is 0. The van der Waals surface area contributed by atoms with Gasteiger partial charge in [0.15, 0.2) is 0 Å². The third-order valence-corrected chi connectivity index (χ3v) is 2.17. The number of ether oxygens (including phenoxy) is 1. The van der Waals surface area contributed by atoms with Gasteiger partial charge in [-0.05, 0) is 17.7 Å². The van der Waals surface area contributed by atoms with Crippen LogP contribution in [0.15, 0.2) is 18.3 Å². The normalized spacial score (nSPS) is 10.4. The molecule has 5 heteroatoms. The van der Waals surface area contributed by atoms with E-state index in [2.05, 4.69) is 9.97 Å². The Bertz CT molecular complexity index is 489. The molecular weight excluding hydrogens is 198 g/mol. The van der Waals surface area contributed by atoms with Crippen LogP contribution in [-0.2, 0) is 0 Å². The Hall–Kier alpha value is -1.29. The van der Waals surface area contributed by atoms with Crippen LogP contribution in [0, 0.1) is 0 Å². The molecule has 2 rings (SSSR count). The number of benzene rings is 1. The zero-order valence-corrected chi connectivity index (χ0v) is 8.67. The molecular formula is C9H8BClN2O. The number of rotatable bonds is 1. The minimum Gasteiger partial charge on any atom is -0.494 e. The number of halogens is 1. The molecule has 1 aromatic heterocycles. The standard InChI is InChI=1S/C9H8BClN2O/c1-14-7-3-6(10)2-5-4-12-9(11)13-8(5)7/h2-4H,10H2,1H3. The van der Waals surface area contributed by atoms with Gasteiger partial charge in [0.1, 0.15) is 19.1 Å². The van der Waals surface area contributed by atoms with Crippen molar-refractivity contribution in [3.05, 3.63) is 23.6 Å². The highest BCUT2D eigenvalue weighted by molar-refractivity contribution is 6.33. The van der Waals surface area contributed by atoms with Gasteiger partial charge in [-0.1, -0.05) is 11.5 Å². The van der Waals surface area contributed by atoms with Crippen LogP contribution in [0.4, 0.5) is 0 Å². The van der Waals surface area contributed by atoms with Gasteiger partial charge in [0.25, 0.3) is 0 Å². The van der Waals surface area contributed by atoms with Crippen LogP contribution in [0.1, 0.15) is 0 Å². The first-order chi connectivity index (χ1) is 6.70. The molecule has 14 heavy (non-hydrogen) atoms. The first-order valence-corrected chi connectivity index (χ1v) is 4.55. The maximum atomic E-state index is 5.71. The fourth-order valence-electron chi connectivity index (χ4n) is 1.39. The lowest BCUT2D eigenvalue weighted by atomic mass is 9.94. The summed E-state index contributed by atoms with van der Waals surface area (Å²) < 4.78 is 5.21. The summed E-state index contributed by atoms with van der Waals surface area (Å²) in [5, 5.41) is 1.17. The SMILES string of the molecule is Bc1cc(OC)c2nc(Cl)ncc2c1. The molecule has 0 aliphatic carbocycles. The third kappa shape index (κ3) is 1.53. The topological polar surface area (TPSA) is 35.0 Å². The Kier molecular flexibility index (Phi) is 2.29. The molecule has 0 radical (unpaired) electrons. The van der Waals surface area contributed by atoms with Gasteiger partial charge >= 0.3 is 0 Å². The number of nitrogens with zero attached hydrogens (tertiary/aromatic N) is 2. The lowest BCUT2D eigenvalue weighted by molar-refractivity contribution is 0.419. The molecule has 1 heterocycles. The van der Waals surface area contributed by atoms with E-state index in [1.807, 2.05) is 20.0 Å². The van der Waals surface area contributed by atoms with Gasteiger partial charge < -0.3 is 4.74 Å². The lowest BCUT2D eigenvalue weighted by Gasteiger charge is -2.05. The second-order valence-electron chi connectivity index (χ2n) is 3.04. The van der Waals surface area contributed by atoms with E-state index in [-0.39, 0.29) is 5.28 Å². The number of fused-ring (bicyclic) bond motifs is 1. The molecule has 0 unspecified atom stereocenters. The summed E-state index contributed by atoms with van der Waals surface area (Å²) in [6.45, 7) is 0. The van der Waals surface area contributed by atoms with Crippen molar-refractivity contribution in [1.82, 2.24) is 9.97 Å². The number of methoxy groups -OCH3 is 1. The van der Waals surface area contributed by atoms with Gasteiger partial charge in [-0.15, -0.1) is 0 Å². The molecule has 3 nitrogen and oxygen atoms in total. The highest BCUT2D eigenvalue weighted by atomic mass is 35.5. The van der Waals surface area contributed by atoms with Crippen LogP contribution in [0.2, 0.25) is 5.28 Å². The van der Waals surface area contributed by atoms with Crippen molar-refractivity contribution in [2.24, 2.45) is 0 Å². The Morgan fingerprint density at radius 3 is 2.93 bits per heavy atom. The summed E-state index contributed by atoms with van der Waals surface area (Å²) in [5.41, 5.74) is 1.86. The monoisotopic (exact) mass is 206 g/mol. The summed E-state index contributed by atoms with van der Waals surface area (Å²) in [6.07, 6.45) is 1.69. The average Bonchev–Trinajstić information content (AvgIpc) is 2.17. The Balaban J connectivity index is 2.81. The molecule has 0 saturated heterocycles. The van der Waals surface area contributed by atoms with Gasteiger partial charge in [-0.25, -0.2) is 9.97 Å². The van der Waals surface area contributed by atoms with Crippen LogP contribution in [-0.4, -0.2) is 24.9 Å². The van der Waals surface area contributed by atoms with E-state index in [1.165, 1.54) is 0 Å². The van der Waals surface area contributed by atoms with Crippen LogP contribution >= 0.6 is 11.6 Å². The molecule has 0 atom stereocenters. The van der Waals surface area contributed by atoms with Crippen molar-refractivity contribution < 1.29 is 4.74 Å². The van der Waals surface area contributed by atoms with Crippen molar-refractivity contribution >= 4 is 35.8 Å². The molecule has 0 aliphatic rings. The molecule has 0 spiro atoms. The second-order valence-corrected chi connectivity index (χ2v) is 3.38. The molecule has 0 fully saturated rings. The van der Waals surface area contributed by atoms with Gasteiger partial charge in [-0.2, -0.15) is 0 Å². The molecule has 2 aromatic rings. The van der Waals surface area contributed by atoms with E-state index in [1.54, 1.807) is 13.3 Å². The summed E-state index contributed by atoms with van der Waals surface area (Å²) in [6, 6.07) is 3.92. The maximum Gasteiger partial charge on any atom is 0.223 e. The van der Waals surface area contributed by atoms with Crippen LogP contribution in [0.5, 0.6) is 5.75 Å². The number of hydrogen-bond acceptors (Lipinski definition) is 3. The van der Waals surface area contributed by atoms with Gasteiger partial charge in [0, 0.05) is 11.6 Å². The first-order valence-electron chi connectivity index (χ1n) is 4.17. The predicted molar refractivity (Wildman–Crippen MR) is 59.3 cm³/mol. The average molecular weight is 206 g/mol. The summed E-state index contributed by atoms with van der Waals surface area (Å²) in [4.78, 5) is 8.04. The van der Waals surface area contributed by atoms with Crippen molar-refractivity contribution in [3.8, 4) is 5.75 Å². The van der Waals surface area contributed by atoms with E-state index in [0.717, 1.165) is 22.1 Å². The van der Waals surface area contributed by atoms with Crippen LogP contribution in [0.3, 0.4) is 0 Å². The van der Waals surface area contributed by atoms with Crippen LogP contribution < -0.4 is 10.2 Å². The summed E-state index contributed by atoms with van der Waals surface area (Å²) in [5.74, 6) is 0.726. The Morgan fingerprint density at radius 2 is 2.21 bits per heavy atom. The summed E-state index contributed by atoms with van der Waals surface area (Å²) in [7, 11) is 3.61. The smallest absolute Gasteiger partial charge is 0.223 e. The number of aromatic nitrogens is 2. The third-order valence-electron chi connectivity index (χ3n) is 1.98. The van der Waals surface area contributed by atoms with E-state index in [0.29, 0.717) is 0 Å². The molecule has 70 valence electrons. The first kappa shape index (κ1) is 9.28. The van der Waals surface area contributed by atoms with E-state index in [4.69, 9.17) is 16.3 Å². The minimum atomic E-state index is 0.236. The fourth-order valence-corrected chi connectivity index (χ4v) is 1.52. The quantitative estimate of drug-likeness (QED) is 0.505. The fraction of sp³-hybridized carbons (Fsp3) is 0.111. The minimum absolute atomic E-state index is 0.236. The highest BCUT2D eigenvalue weighted by Gasteiger charge is 2.05. The molecule has 0 saturated carbocycles. The molecule has 1 aromatic carbocycles. The Morgan fingerprint density at radius 1 is 1.43 bits per heavy atom. The van der Waals surface area contributed by atoms with Gasteiger partial charge in [0.05, 0.1) is 7.11 Å². The Labute approximate surface area is 87.5 Å². The highest BCUT2D eigenvalue weighted by Crippen LogP contribution is 2.22. The van der Waals surface area contributed by atoms with Crippen molar-refractivity contribution in [3.63, 3.8) is 0 Å². The zero-order chi connectivity index (χ0) is 10.1. The van der Waals surface area contributed by atoms with Gasteiger partial charge in [-0.3, -0.25) is 0 Å². The second kappa shape index (κ2) is 3.46. The largest absolute Gasteiger partial charge is 0.494 e. The van der Waals surface area contributed by atoms with Crippen molar-refractivity contribution in [2.45, 2.75) is 0 Å². The van der Waals surface area contributed by atoms with E-state index in [9.17, 15) is 0 Å². The van der Waals surface area contributed by atoms with Crippen LogP contribution in [0.25, 0.3) is 10.9 Å². The van der Waals surface area contributed by atoms with Gasteiger partial charge in [0.2, 0.25) is 5.28 Å². The molecule has 0 aliphatic heterocycles. The zero-order valence-electron chi connectivity index (χ0n) is 7.91. The molecule has 0 amide bonds. The lowest BCUT2D eigenvalue weighted by Crippen LogP contribution is -2.03. The van der Waals surface area contributed by atoms with Crippen molar-refractivity contribution in [2.75, 3.05) is 7.11 Å². The molecule has 0 N–H and O–H groups in total. The summed E-state index contributed by atoms with van der Waals surface area (Å²) >= 11 is 5.71. The molecule has 0 bridgehead atoms. The van der Waals surface area contributed by atoms with E-state index >= 15 is 0 Å². The maximum absolute atomic E-state index is 5.71. The predicted octanol–water partition coefficient (Wildman–Crippen LogP) is 0.550.